The average Bonchev–Trinajstić information content (AvgIpc) is 3.23. The topological polar surface area (TPSA) is 109 Å². The van der Waals surface area contributed by atoms with E-state index >= 15 is 0 Å². The van der Waals surface area contributed by atoms with Crippen molar-refractivity contribution in [1.82, 2.24) is 19.5 Å². The monoisotopic (exact) mass is 398 g/mol. The molecule has 0 amide bonds. The Morgan fingerprint density at radius 2 is 1.93 bits per heavy atom. The van der Waals surface area contributed by atoms with Crippen LogP contribution in [0.3, 0.4) is 0 Å². The maximum Gasteiger partial charge on any atom is 0.359 e. The molecule has 0 saturated carbocycles. The quantitative estimate of drug-likeness (QED) is 0.444. The van der Waals surface area contributed by atoms with Crippen LogP contribution in [0.1, 0.15) is 51.3 Å². The third-order valence-electron chi connectivity index (χ3n) is 4.42. The molecule has 0 aliphatic carbocycles. The van der Waals surface area contributed by atoms with Gasteiger partial charge in [-0.15, -0.1) is 0 Å². The van der Waals surface area contributed by atoms with Crippen LogP contribution in [0.4, 0.5) is 0 Å². The number of rotatable bonds is 7. The fourth-order valence-electron chi connectivity index (χ4n) is 3.07. The maximum atomic E-state index is 12.6. The molecule has 0 unspecified atom stereocenters. The summed E-state index contributed by atoms with van der Waals surface area (Å²) < 4.78 is 13.2. The summed E-state index contributed by atoms with van der Waals surface area (Å²) in [6.45, 7) is 7.28. The van der Waals surface area contributed by atoms with Crippen molar-refractivity contribution in [2.24, 2.45) is 0 Å². The van der Waals surface area contributed by atoms with Crippen LogP contribution in [-0.2, 0) is 11.3 Å². The summed E-state index contributed by atoms with van der Waals surface area (Å²) in [5.41, 5.74) is 1.59. The molecule has 0 aliphatic rings. The van der Waals surface area contributed by atoms with Crippen molar-refractivity contribution in [2.45, 2.75) is 40.7 Å². The summed E-state index contributed by atoms with van der Waals surface area (Å²) in [5.74, 6) is 0.131. The minimum Gasteiger partial charge on any atom is -0.453 e. The molecule has 0 aromatic carbocycles. The number of ketones is 1. The molecular formula is C20H22N4O5. The lowest BCUT2D eigenvalue weighted by Crippen LogP contribution is -2.25. The van der Waals surface area contributed by atoms with Gasteiger partial charge in [-0.3, -0.25) is 14.2 Å². The normalized spacial score (nSPS) is 10.9. The van der Waals surface area contributed by atoms with E-state index in [2.05, 4.69) is 10.3 Å². The highest BCUT2D eigenvalue weighted by Crippen LogP contribution is 2.21. The van der Waals surface area contributed by atoms with E-state index in [1.54, 1.807) is 30.5 Å². The van der Waals surface area contributed by atoms with Gasteiger partial charge in [0.15, 0.2) is 18.1 Å². The highest BCUT2D eigenvalue weighted by Gasteiger charge is 2.20. The second kappa shape index (κ2) is 8.26. The van der Waals surface area contributed by atoms with E-state index in [0.29, 0.717) is 35.8 Å². The van der Waals surface area contributed by atoms with Gasteiger partial charge in [-0.2, -0.15) is 5.10 Å². The van der Waals surface area contributed by atoms with E-state index < -0.39 is 12.6 Å². The molecule has 152 valence electrons. The van der Waals surface area contributed by atoms with Crippen molar-refractivity contribution >= 4 is 11.8 Å². The van der Waals surface area contributed by atoms with Crippen molar-refractivity contribution in [2.75, 3.05) is 6.61 Å². The Labute approximate surface area is 166 Å². The van der Waals surface area contributed by atoms with Gasteiger partial charge in [-0.1, -0.05) is 12.1 Å². The van der Waals surface area contributed by atoms with Gasteiger partial charge in [0.25, 0.3) is 5.56 Å². The molecule has 3 rings (SSSR count). The molecule has 3 aromatic rings. The van der Waals surface area contributed by atoms with Crippen LogP contribution in [0, 0.1) is 20.8 Å². The predicted molar refractivity (Wildman–Crippen MR) is 103 cm³/mol. The number of ether oxygens (including phenoxy) is 1. The molecule has 0 radical (unpaired) electrons. The van der Waals surface area contributed by atoms with E-state index in [4.69, 9.17) is 9.26 Å². The molecule has 0 spiro atoms. The van der Waals surface area contributed by atoms with Crippen LogP contribution >= 0.6 is 0 Å². The summed E-state index contributed by atoms with van der Waals surface area (Å²) >= 11 is 0. The van der Waals surface area contributed by atoms with Gasteiger partial charge in [-0.25, -0.2) is 9.48 Å². The largest absolute Gasteiger partial charge is 0.453 e. The van der Waals surface area contributed by atoms with Gasteiger partial charge in [0.05, 0.1) is 0 Å². The van der Waals surface area contributed by atoms with Gasteiger partial charge >= 0.3 is 5.97 Å². The first-order valence-electron chi connectivity index (χ1n) is 9.23. The number of Topliss-reactive ketones (excluding diaryl/α,β-unsaturated/α-hetero) is 1. The molecule has 0 N–H and O–H groups in total. The Bertz CT molecular complexity index is 1120. The number of hydrogen-bond donors (Lipinski definition) is 0. The molecule has 29 heavy (non-hydrogen) atoms. The van der Waals surface area contributed by atoms with Crippen LogP contribution in [0.5, 0.6) is 0 Å². The first-order chi connectivity index (χ1) is 13.8. The van der Waals surface area contributed by atoms with Crippen molar-refractivity contribution in [3.05, 3.63) is 63.0 Å². The number of aryl methyl sites for hydroxylation is 3. The lowest BCUT2D eigenvalue weighted by atomic mass is 10.1. The minimum atomic E-state index is -0.760. The summed E-state index contributed by atoms with van der Waals surface area (Å²) in [6.07, 6.45) is 0.699. The molecule has 0 bridgehead atoms. The summed E-state index contributed by atoms with van der Waals surface area (Å²) in [5, 5.41) is 7.97. The number of esters is 1. The van der Waals surface area contributed by atoms with Crippen LogP contribution in [0.15, 0.2) is 33.6 Å². The van der Waals surface area contributed by atoms with Gasteiger partial charge in [-0.05, 0) is 39.3 Å². The van der Waals surface area contributed by atoms with E-state index in [1.807, 2.05) is 13.8 Å². The summed E-state index contributed by atoms with van der Waals surface area (Å²) in [4.78, 5) is 36.6. The Balaban J connectivity index is 1.74. The van der Waals surface area contributed by atoms with E-state index in [0.717, 1.165) is 5.69 Å². The van der Waals surface area contributed by atoms with Crippen molar-refractivity contribution < 1.29 is 18.8 Å². The molecule has 9 heteroatoms. The number of aromatic nitrogens is 4. The van der Waals surface area contributed by atoms with Crippen LogP contribution in [0.2, 0.25) is 0 Å². The Morgan fingerprint density at radius 3 is 2.59 bits per heavy atom. The fourth-order valence-corrected chi connectivity index (χ4v) is 3.07. The molecule has 3 heterocycles. The Kier molecular flexibility index (Phi) is 5.76. The highest BCUT2D eigenvalue weighted by atomic mass is 16.5. The second-order valence-electron chi connectivity index (χ2n) is 6.70. The van der Waals surface area contributed by atoms with Crippen molar-refractivity contribution in [3.63, 3.8) is 0 Å². The number of hydrogen-bond acceptors (Lipinski definition) is 7. The third kappa shape index (κ3) is 4.18. The maximum absolute atomic E-state index is 12.6. The molecule has 0 fully saturated rings. The van der Waals surface area contributed by atoms with Gasteiger partial charge in [0.1, 0.15) is 5.76 Å². The zero-order chi connectivity index (χ0) is 21.1. The Hall–Kier alpha value is -3.49. The van der Waals surface area contributed by atoms with E-state index in [1.165, 1.54) is 16.8 Å². The Morgan fingerprint density at radius 1 is 1.17 bits per heavy atom. The van der Waals surface area contributed by atoms with E-state index in [-0.39, 0.29) is 17.0 Å². The lowest BCUT2D eigenvalue weighted by molar-refractivity contribution is 0.0466. The second-order valence-corrected chi connectivity index (χ2v) is 6.70. The minimum absolute atomic E-state index is 0.0191. The zero-order valence-corrected chi connectivity index (χ0v) is 16.8. The number of carbonyl (C=O) groups is 2. The highest BCUT2D eigenvalue weighted by molar-refractivity contribution is 6.00. The first kappa shape index (κ1) is 20.2. The average molecular weight is 398 g/mol. The smallest absolute Gasteiger partial charge is 0.359 e. The molecule has 3 aromatic heterocycles. The fraction of sp³-hybridized carbons (Fsp3) is 0.350. The van der Waals surface area contributed by atoms with Gasteiger partial charge in [0.2, 0.25) is 5.78 Å². The number of nitrogens with zero attached hydrogens (tertiary/aromatic N) is 4. The van der Waals surface area contributed by atoms with Gasteiger partial charge in [0, 0.05) is 35.6 Å². The number of carbonyl (C=O) groups excluding carboxylic acids is 2. The van der Waals surface area contributed by atoms with Crippen LogP contribution < -0.4 is 5.56 Å². The zero-order valence-electron chi connectivity index (χ0n) is 16.8. The van der Waals surface area contributed by atoms with Crippen molar-refractivity contribution in [3.8, 4) is 5.82 Å². The third-order valence-corrected chi connectivity index (χ3v) is 4.42. The summed E-state index contributed by atoms with van der Waals surface area (Å²) in [6, 6.07) is 6.04. The SMILES string of the molecule is CCCn1nc(C(=O)OCC(=O)c2cc(C)n(-c3cc(C)on3)c2C)ccc1=O. The van der Waals surface area contributed by atoms with Gasteiger partial charge < -0.3 is 9.26 Å². The molecule has 9 nitrogen and oxygen atoms in total. The molecule has 0 saturated heterocycles. The van der Waals surface area contributed by atoms with Crippen LogP contribution in [0.25, 0.3) is 5.82 Å². The molecule has 0 aliphatic heterocycles. The summed E-state index contributed by atoms with van der Waals surface area (Å²) in [7, 11) is 0. The molecular weight excluding hydrogens is 376 g/mol. The van der Waals surface area contributed by atoms with Crippen molar-refractivity contribution in [1.29, 1.82) is 0 Å². The van der Waals surface area contributed by atoms with Crippen LogP contribution in [-0.4, -0.2) is 37.9 Å². The molecule has 0 atom stereocenters. The first-order valence-corrected chi connectivity index (χ1v) is 9.23. The van der Waals surface area contributed by atoms with E-state index in [9.17, 15) is 14.4 Å². The standard InChI is InChI=1S/C20H22N4O5/c1-5-8-23-19(26)7-6-16(21-23)20(27)28-11-17(25)15-9-12(2)24(14(15)4)18-10-13(3)29-22-18/h6-7,9-10H,5,8,11H2,1-4H3. The lowest BCUT2D eigenvalue weighted by Gasteiger charge is -2.07. The predicted octanol–water partition coefficient (Wildman–Crippen LogP) is 2.40.